The molecule has 0 heterocycles. The van der Waals surface area contributed by atoms with E-state index in [9.17, 15) is 0 Å². The Morgan fingerprint density at radius 3 is 2.15 bits per heavy atom. The highest BCUT2D eigenvalue weighted by Gasteiger charge is 2.00. The molecule has 0 atom stereocenters. The molecule has 0 aliphatic heterocycles. The van der Waals surface area contributed by atoms with Crippen LogP contribution in [0.25, 0.3) is 6.08 Å². The summed E-state index contributed by atoms with van der Waals surface area (Å²) in [5.41, 5.74) is 0.902. The van der Waals surface area contributed by atoms with Crippen LogP contribution in [0.4, 0.5) is 0 Å². The molecule has 0 saturated carbocycles. The summed E-state index contributed by atoms with van der Waals surface area (Å²) in [5.74, 6) is 0.507. The van der Waals surface area contributed by atoms with Gasteiger partial charge in [-0.15, -0.1) is 0 Å². The molecule has 0 radical (unpaired) electrons. The van der Waals surface area contributed by atoms with Crippen LogP contribution < -0.4 is 0 Å². The van der Waals surface area contributed by atoms with Crippen LogP contribution in [-0.4, -0.2) is 0 Å². The summed E-state index contributed by atoms with van der Waals surface area (Å²) < 4.78 is 0. The van der Waals surface area contributed by atoms with Crippen molar-refractivity contribution in [1.82, 2.24) is 0 Å². The normalized spacial score (nSPS) is 11.5. The van der Waals surface area contributed by atoms with Crippen molar-refractivity contribution in [2.75, 3.05) is 0 Å². The van der Waals surface area contributed by atoms with E-state index >= 15 is 0 Å². The van der Waals surface area contributed by atoms with E-state index in [0.29, 0.717) is 16.0 Å². The second-order valence-electron chi connectivity index (χ2n) is 3.24. The first kappa shape index (κ1) is 10.6. The van der Waals surface area contributed by atoms with Crippen molar-refractivity contribution in [3.63, 3.8) is 0 Å². The molecule has 0 bridgehead atoms. The Morgan fingerprint density at radius 2 is 1.69 bits per heavy atom. The molecule has 0 aliphatic rings. The third-order valence-corrected chi connectivity index (χ3v) is 2.31. The van der Waals surface area contributed by atoms with Crippen molar-refractivity contribution in [3.8, 4) is 0 Å². The van der Waals surface area contributed by atoms with Gasteiger partial charge in [0.15, 0.2) is 0 Å². The van der Waals surface area contributed by atoms with E-state index in [1.807, 2.05) is 24.3 Å². The van der Waals surface area contributed by atoms with Gasteiger partial charge in [0.1, 0.15) is 0 Å². The lowest BCUT2D eigenvalue weighted by molar-refractivity contribution is 0.836. The maximum absolute atomic E-state index is 5.98. The quantitative estimate of drug-likeness (QED) is 0.672. The van der Waals surface area contributed by atoms with Crippen LogP contribution >= 0.6 is 23.2 Å². The summed E-state index contributed by atoms with van der Waals surface area (Å²) >= 11 is 12.0. The molecule has 0 nitrogen and oxygen atoms in total. The second-order valence-corrected chi connectivity index (χ2v) is 4.05. The Labute approximate surface area is 89.2 Å². The number of hydrogen-bond acceptors (Lipinski definition) is 0. The molecule has 0 unspecified atom stereocenters. The Morgan fingerprint density at radius 1 is 1.15 bits per heavy atom. The average molecular weight is 215 g/mol. The summed E-state index contributed by atoms with van der Waals surface area (Å²) in [6.45, 7) is 4.22. The van der Waals surface area contributed by atoms with Crippen molar-refractivity contribution < 1.29 is 0 Å². The Balaban J connectivity index is 3.00. The fraction of sp³-hybridized carbons (Fsp3) is 0.273. The molecule has 0 amide bonds. The van der Waals surface area contributed by atoms with Gasteiger partial charge in [0.2, 0.25) is 0 Å². The van der Waals surface area contributed by atoms with E-state index in [1.54, 1.807) is 0 Å². The van der Waals surface area contributed by atoms with Crippen molar-refractivity contribution in [2.45, 2.75) is 13.8 Å². The standard InChI is InChI=1S/C11H12Cl2/c1-8(2)6-7-9-10(12)4-3-5-11(9)13/h3-8H,1-2H3. The molecule has 0 aromatic heterocycles. The van der Waals surface area contributed by atoms with Crippen LogP contribution in [0.15, 0.2) is 24.3 Å². The number of allylic oxidation sites excluding steroid dienone is 1. The summed E-state index contributed by atoms with van der Waals surface area (Å²) in [6, 6.07) is 5.53. The average Bonchev–Trinajstić information content (AvgIpc) is 2.03. The molecule has 13 heavy (non-hydrogen) atoms. The molecule has 1 rings (SSSR count). The summed E-state index contributed by atoms with van der Waals surface area (Å²) in [4.78, 5) is 0. The molecule has 1 aromatic rings. The third kappa shape index (κ3) is 3.06. The van der Waals surface area contributed by atoms with E-state index in [1.165, 1.54) is 0 Å². The zero-order valence-electron chi connectivity index (χ0n) is 7.72. The SMILES string of the molecule is CC(C)C=Cc1c(Cl)cccc1Cl. The molecule has 0 fully saturated rings. The topological polar surface area (TPSA) is 0 Å². The number of halogens is 2. The molecular formula is C11H12Cl2. The third-order valence-electron chi connectivity index (χ3n) is 1.65. The van der Waals surface area contributed by atoms with E-state index in [4.69, 9.17) is 23.2 Å². The lowest BCUT2D eigenvalue weighted by Crippen LogP contribution is -1.80. The fourth-order valence-electron chi connectivity index (χ4n) is 0.959. The zero-order chi connectivity index (χ0) is 9.84. The predicted molar refractivity (Wildman–Crippen MR) is 60.3 cm³/mol. The molecule has 1 aromatic carbocycles. The van der Waals surface area contributed by atoms with Crippen LogP contribution in [0.2, 0.25) is 10.0 Å². The molecule has 0 N–H and O–H groups in total. The van der Waals surface area contributed by atoms with Gasteiger partial charge in [-0.2, -0.15) is 0 Å². The molecule has 0 aliphatic carbocycles. The lowest BCUT2D eigenvalue weighted by Gasteiger charge is -2.01. The second kappa shape index (κ2) is 4.69. The van der Waals surface area contributed by atoms with Crippen molar-refractivity contribution in [3.05, 3.63) is 39.9 Å². The first-order chi connectivity index (χ1) is 6.11. The van der Waals surface area contributed by atoms with Crippen LogP contribution in [0.3, 0.4) is 0 Å². The Hall–Kier alpha value is -0.460. The fourth-order valence-corrected chi connectivity index (χ4v) is 1.48. The molecule has 0 spiro atoms. The first-order valence-corrected chi connectivity index (χ1v) is 4.99. The lowest BCUT2D eigenvalue weighted by atomic mass is 10.1. The maximum atomic E-state index is 5.98. The van der Waals surface area contributed by atoms with Gasteiger partial charge in [0.05, 0.1) is 0 Å². The van der Waals surface area contributed by atoms with E-state index in [2.05, 4.69) is 19.9 Å². The van der Waals surface area contributed by atoms with Crippen molar-refractivity contribution in [1.29, 1.82) is 0 Å². The van der Waals surface area contributed by atoms with Gasteiger partial charge in [-0.3, -0.25) is 0 Å². The highest BCUT2D eigenvalue weighted by Crippen LogP contribution is 2.25. The maximum Gasteiger partial charge on any atom is 0.0493 e. The van der Waals surface area contributed by atoms with E-state index < -0.39 is 0 Å². The number of rotatable bonds is 2. The minimum absolute atomic E-state index is 0.507. The predicted octanol–water partition coefficient (Wildman–Crippen LogP) is 4.66. The summed E-state index contributed by atoms with van der Waals surface area (Å²) in [5, 5.41) is 1.40. The van der Waals surface area contributed by atoms with Crippen molar-refractivity contribution in [2.24, 2.45) is 5.92 Å². The zero-order valence-corrected chi connectivity index (χ0v) is 9.23. The van der Waals surface area contributed by atoms with Gasteiger partial charge in [0.25, 0.3) is 0 Å². The molecule has 0 saturated heterocycles. The van der Waals surface area contributed by atoms with Crippen LogP contribution in [0.5, 0.6) is 0 Å². The summed E-state index contributed by atoms with van der Waals surface area (Å²) in [7, 11) is 0. The van der Waals surface area contributed by atoms with Gasteiger partial charge in [-0.05, 0) is 18.1 Å². The highest BCUT2D eigenvalue weighted by atomic mass is 35.5. The molecule has 70 valence electrons. The van der Waals surface area contributed by atoms with Gasteiger partial charge in [-0.25, -0.2) is 0 Å². The van der Waals surface area contributed by atoms with Gasteiger partial charge in [-0.1, -0.05) is 55.3 Å². The molecule has 2 heteroatoms. The van der Waals surface area contributed by atoms with Crippen LogP contribution in [-0.2, 0) is 0 Å². The Kier molecular flexibility index (Phi) is 3.83. The van der Waals surface area contributed by atoms with Gasteiger partial charge in [0, 0.05) is 15.6 Å². The largest absolute Gasteiger partial charge is 0.0836 e. The van der Waals surface area contributed by atoms with E-state index in [-0.39, 0.29) is 0 Å². The number of hydrogen-bond donors (Lipinski definition) is 0. The van der Waals surface area contributed by atoms with Gasteiger partial charge < -0.3 is 0 Å². The van der Waals surface area contributed by atoms with Gasteiger partial charge >= 0.3 is 0 Å². The minimum atomic E-state index is 0.507. The molecular weight excluding hydrogens is 203 g/mol. The van der Waals surface area contributed by atoms with Crippen LogP contribution in [0.1, 0.15) is 19.4 Å². The smallest absolute Gasteiger partial charge is 0.0493 e. The van der Waals surface area contributed by atoms with Crippen molar-refractivity contribution >= 4 is 29.3 Å². The number of benzene rings is 1. The summed E-state index contributed by atoms with van der Waals surface area (Å²) in [6.07, 6.45) is 4.04. The Bertz CT molecular complexity index is 294. The van der Waals surface area contributed by atoms with E-state index in [0.717, 1.165) is 5.56 Å². The highest BCUT2D eigenvalue weighted by molar-refractivity contribution is 6.37. The first-order valence-electron chi connectivity index (χ1n) is 4.23. The minimum Gasteiger partial charge on any atom is -0.0836 e. The monoisotopic (exact) mass is 214 g/mol. The van der Waals surface area contributed by atoms with Crippen LogP contribution in [0, 0.1) is 5.92 Å².